The Hall–Kier alpha value is -5.14. The SMILES string of the molecule is O=S1(=O)c2ccccc2-c2cccc3c4c(-c5nc(-c6ccccc6)nc(-c6ccccc6)n5)cccc4n1c23. The van der Waals surface area contributed by atoms with Gasteiger partial charge in [-0.05, 0) is 12.1 Å². The molecule has 8 rings (SSSR count). The summed E-state index contributed by atoms with van der Waals surface area (Å²) in [7, 11) is -3.83. The largest absolute Gasteiger partial charge is 0.269 e. The number of aromatic nitrogens is 4. The minimum Gasteiger partial charge on any atom is -0.233 e. The van der Waals surface area contributed by atoms with E-state index in [9.17, 15) is 8.42 Å². The number of fused-ring (bicyclic) bond motifs is 5. The van der Waals surface area contributed by atoms with E-state index in [1.807, 2.05) is 109 Å². The smallest absolute Gasteiger partial charge is 0.233 e. The summed E-state index contributed by atoms with van der Waals surface area (Å²) in [6.07, 6.45) is 0. The molecular formula is C33H20N4O2S. The van der Waals surface area contributed by atoms with E-state index in [-0.39, 0.29) is 0 Å². The number of hydrogen-bond donors (Lipinski definition) is 0. The molecule has 40 heavy (non-hydrogen) atoms. The van der Waals surface area contributed by atoms with Crippen LogP contribution in [0.4, 0.5) is 0 Å². The molecule has 3 heterocycles. The molecule has 0 fully saturated rings. The minimum atomic E-state index is -3.83. The first kappa shape index (κ1) is 22.8. The lowest BCUT2D eigenvalue weighted by molar-refractivity contribution is 0.590. The molecule has 0 bridgehead atoms. The standard InChI is InChI=1S/C33H20N4O2S/c38-40(39)28-20-8-7-15-23(28)24-16-9-17-25-29-26(18-10-19-27(29)37(40)30(24)25)33-35-31(21-11-3-1-4-12-21)34-32(36-33)22-13-5-2-6-14-22/h1-20H. The fourth-order valence-corrected chi connectivity index (χ4v) is 7.42. The van der Waals surface area contributed by atoms with Crippen molar-refractivity contribution in [2.75, 3.05) is 0 Å². The average molecular weight is 537 g/mol. The predicted octanol–water partition coefficient (Wildman–Crippen LogP) is 7.20. The van der Waals surface area contributed by atoms with Gasteiger partial charge in [0.2, 0.25) is 0 Å². The molecule has 0 radical (unpaired) electrons. The first-order valence-electron chi connectivity index (χ1n) is 12.9. The number of para-hydroxylation sites is 1. The van der Waals surface area contributed by atoms with Gasteiger partial charge in [0, 0.05) is 38.6 Å². The van der Waals surface area contributed by atoms with Crippen LogP contribution in [-0.2, 0) is 10.0 Å². The third-order valence-electron chi connectivity index (χ3n) is 7.41. The summed E-state index contributed by atoms with van der Waals surface area (Å²) < 4.78 is 29.5. The molecule has 1 aliphatic heterocycles. The molecule has 6 nitrogen and oxygen atoms in total. The minimum absolute atomic E-state index is 0.302. The molecule has 0 saturated heterocycles. The van der Waals surface area contributed by atoms with Crippen LogP contribution in [0, 0.1) is 0 Å². The van der Waals surface area contributed by atoms with Crippen LogP contribution in [0.15, 0.2) is 126 Å². The van der Waals surface area contributed by atoms with Gasteiger partial charge in [-0.3, -0.25) is 0 Å². The van der Waals surface area contributed by atoms with E-state index < -0.39 is 10.0 Å². The quantitative estimate of drug-likeness (QED) is 0.239. The van der Waals surface area contributed by atoms with Crippen LogP contribution in [0.5, 0.6) is 0 Å². The summed E-state index contributed by atoms with van der Waals surface area (Å²) in [4.78, 5) is 15.0. The molecule has 0 atom stereocenters. The second-order valence-electron chi connectivity index (χ2n) is 9.71. The van der Waals surface area contributed by atoms with E-state index in [1.54, 1.807) is 12.1 Å². The molecule has 1 aliphatic rings. The summed E-state index contributed by atoms with van der Waals surface area (Å²) in [5.41, 5.74) is 5.35. The molecule has 0 aliphatic carbocycles. The second-order valence-corrected chi connectivity index (χ2v) is 11.5. The van der Waals surface area contributed by atoms with Crippen molar-refractivity contribution >= 4 is 31.8 Å². The fourth-order valence-electron chi connectivity index (χ4n) is 5.67. The van der Waals surface area contributed by atoms with Crippen LogP contribution in [0.3, 0.4) is 0 Å². The van der Waals surface area contributed by atoms with Crippen molar-refractivity contribution in [1.82, 2.24) is 18.9 Å². The van der Waals surface area contributed by atoms with Gasteiger partial charge < -0.3 is 0 Å². The van der Waals surface area contributed by atoms with E-state index in [4.69, 9.17) is 15.0 Å². The van der Waals surface area contributed by atoms with Gasteiger partial charge in [-0.1, -0.05) is 109 Å². The zero-order chi connectivity index (χ0) is 26.8. The molecule has 0 unspecified atom stereocenters. The van der Waals surface area contributed by atoms with Gasteiger partial charge in [0.05, 0.1) is 15.9 Å². The van der Waals surface area contributed by atoms with Crippen LogP contribution in [0.25, 0.3) is 67.1 Å². The Balaban J connectivity index is 1.48. The zero-order valence-corrected chi connectivity index (χ0v) is 21.9. The predicted molar refractivity (Wildman–Crippen MR) is 157 cm³/mol. The normalized spacial score (nSPS) is 13.4. The summed E-state index contributed by atoms with van der Waals surface area (Å²) >= 11 is 0. The molecule has 0 saturated carbocycles. The van der Waals surface area contributed by atoms with Crippen molar-refractivity contribution in [2.45, 2.75) is 4.90 Å². The van der Waals surface area contributed by atoms with Gasteiger partial charge in [-0.15, -0.1) is 0 Å². The summed E-state index contributed by atoms with van der Waals surface area (Å²) in [5.74, 6) is 1.59. The van der Waals surface area contributed by atoms with Crippen LogP contribution in [-0.4, -0.2) is 27.3 Å². The Morgan fingerprint density at radius 2 is 1.05 bits per heavy atom. The van der Waals surface area contributed by atoms with Gasteiger partial charge in [-0.2, -0.15) is 0 Å². The van der Waals surface area contributed by atoms with Gasteiger partial charge >= 0.3 is 0 Å². The summed E-state index contributed by atoms with van der Waals surface area (Å²) in [6, 6.07) is 38.4. The van der Waals surface area contributed by atoms with Crippen LogP contribution >= 0.6 is 0 Å². The van der Waals surface area contributed by atoms with Crippen molar-refractivity contribution in [3.05, 3.63) is 121 Å². The number of nitrogens with zero attached hydrogens (tertiary/aromatic N) is 4. The second kappa shape index (κ2) is 8.43. The van der Waals surface area contributed by atoms with Gasteiger partial charge in [0.25, 0.3) is 10.0 Å². The Labute approximate surface area is 230 Å². The lowest BCUT2D eigenvalue weighted by Crippen LogP contribution is -2.17. The highest BCUT2D eigenvalue weighted by Crippen LogP contribution is 2.46. The third kappa shape index (κ3) is 3.21. The fraction of sp³-hybridized carbons (Fsp3) is 0. The van der Waals surface area contributed by atoms with Crippen molar-refractivity contribution in [2.24, 2.45) is 0 Å². The van der Waals surface area contributed by atoms with E-state index in [1.165, 1.54) is 3.97 Å². The van der Waals surface area contributed by atoms with Crippen molar-refractivity contribution in [1.29, 1.82) is 0 Å². The molecule has 5 aromatic carbocycles. The Bertz CT molecular complexity index is 2170. The molecule has 190 valence electrons. The molecule has 0 N–H and O–H groups in total. The Morgan fingerprint density at radius 1 is 0.500 bits per heavy atom. The first-order chi connectivity index (χ1) is 19.6. The monoisotopic (exact) mass is 536 g/mol. The maximum atomic E-state index is 14.0. The molecule has 2 aromatic heterocycles. The maximum Gasteiger partial charge on any atom is 0.269 e. The zero-order valence-electron chi connectivity index (χ0n) is 21.1. The number of rotatable bonds is 3. The van der Waals surface area contributed by atoms with Crippen LogP contribution in [0.2, 0.25) is 0 Å². The number of hydrogen-bond acceptors (Lipinski definition) is 5. The van der Waals surface area contributed by atoms with E-state index in [0.29, 0.717) is 39.0 Å². The van der Waals surface area contributed by atoms with Crippen LogP contribution < -0.4 is 0 Å². The first-order valence-corrected chi connectivity index (χ1v) is 14.3. The lowest BCUT2D eigenvalue weighted by Gasteiger charge is -2.20. The van der Waals surface area contributed by atoms with E-state index in [0.717, 1.165) is 33.0 Å². The summed E-state index contributed by atoms with van der Waals surface area (Å²) in [6.45, 7) is 0. The lowest BCUT2D eigenvalue weighted by atomic mass is 10.00. The molecule has 0 spiro atoms. The molecule has 7 aromatic rings. The number of benzene rings is 5. The van der Waals surface area contributed by atoms with Crippen molar-refractivity contribution in [3.8, 4) is 45.3 Å². The van der Waals surface area contributed by atoms with Gasteiger partial charge in [0.1, 0.15) is 0 Å². The van der Waals surface area contributed by atoms with Crippen LogP contribution in [0.1, 0.15) is 0 Å². The highest BCUT2D eigenvalue weighted by atomic mass is 32.2. The van der Waals surface area contributed by atoms with E-state index in [2.05, 4.69) is 0 Å². The topological polar surface area (TPSA) is 77.7 Å². The van der Waals surface area contributed by atoms with Gasteiger partial charge in [0.15, 0.2) is 17.5 Å². The highest BCUT2D eigenvalue weighted by Gasteiger charge is 2.33. The Morgan fingerprint density at radius 3 is 1.75 bits per heavy atom. The van der Waals surface area contributed by atoms with Gasteiger partial charge in [-0.25, -0.2) is 27.3 Å². The molecule has 0 amide bonds. The van der Waals surface area contributed by atoms with Crippen molar-refractivity contribution in [3.63, 3.8) is 0 Å². The molecule has 7 heteroatoms. The maximum absolute atomic E-state index is 14.0. The van der Waals surface area contributed by atoms with E-state index >= 15 is 0 Å². The van der Waals surface area contributed by atoms with Crippen molar-refractivity contribution < 1.29 is 8.42 Å². The Kier molecular flexibility index (Phi) is 4.81. The molecular weight excluding hydrogens is 516 g/mol. The summed E-state index contributed by atoms with van der Waals surface area (Å²) in [5, 5.41) is 1.63. The average Bonchev–Trinajstić information content (AvgIpc) is 3.37. The highest BCUT2D eigenvalue weighted by molar-refractivity contribution is 7.90. The third-order valence-corrected chi connectivity index (χ3v) is 9.18.